The van der Waals surface area contributed by atoms with E-state index in [1.54, 1.807) is 7.11 Å². The molecule has 0 fully saturated rings. The molecule has 0 unspecified atom stereocenters. The van der Waals surface area contributed by atoms with Crippen molar-refractivity contribution in [2.45, 2.75) is 0 Å². The van der Waals surface area contributed by atoms with E-state index in [1.165, 1.54) is 11.5 Å². The summed E-state index contributed by atoms with van der Waals surface area (Å²) in [6, 6.07) is 17.8. The molecule has 0 radical (unpaired) electrons. The second-order valence-electron chi connectivity index (χ2n) is 4.02. The van der Waals surface area contributed by atoms with Gasteiger partial charge < -0.3 is 4.74 Å². The Kier molecular flexibility index (Phi) is 3.25. The lowest BCUT2D eigenvalue weighted by molar-refractivity contribution is 0.415. The molecule has 1 heterocycles. The van der Waals surface area contributed by atoms with Gasteiger partial charge in [0.05, 0.1) is 7.11 Å². The number of hydrogen-bond donors (Lipinski definition) is 0. The largest absolute Gasteiger partial charge is 0.497 e. The third kappa shape index (κ3) is 2.48. The van der Waals surface area contributed by atoms with Crippen LogP contribution >= 0.6 is 11.5 Å². The van der Waals surface area contributed by atoms with Crippen LogP contribution in [0.25, 0.3) is 22.0 Å². The summed E-state index contributed by atoms with van der Waals surface area (Å²) >= 11 is 1.40. The number of aromatic nitrogens is 2. The van der Waals surface area contributed by atoms with E-state index in [0.29, 0.717) is 0 Å². The van der Waals surface area contributed by atoms with Gasteiger partial charge in [0.1, 0.15) is 10.8 Å². The Labute approximate surface area is 115 Å². The predicted molar refractivity (Wildman–Crippen MR) is 77.3 cm³/mol. The highest BCUT2D eigenvalue weighted by molar-refractivity contribution is 7.09. The number of rotatable bonds is 3. The highest BCUT2D eigenvalue weighted by atomic mass is 32.1. The summed E-state index contributed by atoms with van der Waals surface area (Å²) in [5, 5.41) is 0.901. The van der Waals surface area contributed by atoms with Crippen molar-refractivity contribution in [2.75, 3.05) is 7.11 Å². The molecule has 0 aliphatic carbocycles. The molecule has 0 saturated heterocycles. The van der Waals surface area contributed by atoms with Crippen LogP contribution in [0.1, 0.15) is 0 Å². The van der Waals surface area contributed by atoms with Gasteiger partial charge in [-0.25, -0.2) is 4.98 Å². The first-order valence-electron chi connectivity index (χ1n) is 5.90. The quantitative estimate of drug-likeness (QED) is 0.723. The van der Waals surface area contributed by atoms with Gasteiger partial charge in [0.15, 0.2) is 5.82 Å². The first-order chi connectivity index (χ1) is 9.36. The summed E-state index contributed by atoms with van der Waals surface area (Å²) in [5.74, 6) is 1.59. The van der Waals surface area contributed by atoms with Gasteiger partial charge in [-0.05, 0) is 23.7 Å². The number of nitrogens with zero attached hydrogens (tertiary/aromatic N) is 2. The molecule has 0 aliphatic heterocycles. The van der Waals surface area contributed by atoms with E-state index in [4.69, 9.17) is 4.74 Å². The maximum atomic E-state index is 5.22. The Bertz CT molecular complexity index is 679. The van der Waals surface area contributed by atoms with Crippen LogP contribution in [0.5, 0.6) is 5.75 Å². The molecule has 3 rings (SSSR count). The van der Waals surface area contributed by atoms with Crippen LogP contribution in [0, 0.1) is 0 Å². The van der Waals surface area contributed by atoms with Crippen LogP contribution < -0.4 is 4.74 Å². The smallest absolute Gasteiger partial charge is 0.173 e. The van der Waals surface area contributed by atoms with E-state index in [2.05, 4.69) is 9.36 Å². The number of benzene rings is 2. The fraction of sp³-hybridized carbons (Fsp3) is 0.0667. The predicted octanol–water partition coefficient (Wildman–Crippen LogP) is 3.88. The molecule has 3 nitrogen and oxygen atoms in total. The van der Waals surface area contributed by atoms with Crippen molar-refractivity contribution in [1.82, 2.24) is 9.36 Å². The molecule has 3 aromatic rings. The van der Waals surface area contributed by atoms with Crippen LogP contribution in [0.2, 0.25) is 0 Å². The average Bonchev–Trinajstić information content (AvgIpc) is 2.98. The van der Waals surface area contributed by atoms with Gasteiger partial charge in [0.2, 0.25) is 0 Å². The lowest BCUT2D eigenvalue weighted by atomic mass is 10.2. The molecule has 0 N–H and O–H groups in total. The molecular formula is C15H12N2OS. The van der Waals surface area contributed by atoms with Crippen LogP contribution in [-0.4, -0.2) is 16.5 Å². The minimum absolute atomic E-state index is 0.767. The maximum Gasteiger partial charge on any atom is 0.173 e. The first kappa shape index (κ1) is 11.9. The van der Waals surface area contributed by atoms with Gasteiger partial charge >= 0.3 is 0 Å². The van der Waals surface area contributed by atoms with Crippen LogP contribution in [-0.2, 0) is 0 Å². The van der Waals surface area contributed by atoms with Crippen molar-refractivity contribution < 1.29 is 4.74 Å². The van der Waals surface area contributed by atoms with Gasteiger partial charge in [0, 0.05) is 11.1 Å². The molecule has 0 atom stereocenters. The molecule has 19 heavy (non-hydrogen) atoms. The Hall–Kier alpha value is -2.20. The van der Waals surface area contributed by atoms with Gasteiger partial charge in [-0.1, -0.05) is 42.5 Å². The topological polar surface area (TPSA) is 35.0 Å². The van der Waals surface area contributed by atoms with E-state index in [1.807, 2.05) is 54.6 Å². The minimum atomic E-state index is 0.767. The molecular weight excluding hydrogens is 256 g/mol. The molecule has 0 aliphatic rings. The highest BCUT2D eigenvalue weighted by Gasteiger charge is 2.08. The van der Waals surface area contributed by atoms with Crippen molar-refractivity contribution in [3.05, 3.63) is 54.6 Å². The highest BCUT2D eigenvalue weighted by Crippen LogP contribution is 2.27. The van der Waals surface area contributed by atoms with Crippen molar-refractivity contribution in [1.29, 1.82) is 0 Å². The van der Waals surface area contributed by atoms with E-state index in [0.717, 1.165) is 27.7 Å². The molecule has 0 bridgehead atoms. The first-order valence-corrected chi connectivity index (χ1v) is 6.68. The standard InChI is InChI=1S/C15H12N2OS/c1-18-13-9-5-8-12(10-13)15-16-14(17-19-15)11-6-3-2-4-7-11/h2-10H,1H3. The Morgan fingerprint density at radius 3 is 2.53 bits per heavy atom. The van der Waals surface area contributed by atoms with Crippen molar-refractivity contribution in [3.63, 3.8) is 0 Å². The van der Waals surface area contributed by atoms with Gasteiger partial charge in [-0.15, -0.1) is 0 Å². The third-order valence-corrected chi connectivity index (χ3v) is 3.54. The molecule has 1 aromatic heterocycles. The van der Waals surface area contributed by atoms with E-state index < -0.39 is 0 Å². The second-order valence-corrected chi connectivity index (χ2v) is 4.77. The number of ether oxygens (including phenoxy) is 1. The van der Waals surface area contributed by atoms with Crippen LogP contribution in [0.3, 0.4) is 0 Å². The molecule has 0 saturated carbocycles. The summed E-state index contributed by atoms with van der Waals surface area (Å²) in [6.45, 7) is 0. The van der Waals surface area contributed by atoms with Crippen molar-refractivity contribution in [3.8, 4) is 27.7 Å². The third-order valence-electron chi connectivity index (χ3n) is 2.77. The van der Waals surface area contributed by atoms with Crippen molar-refractivity contribution >= 4 is 11.5 Å². The fourth-order valence-corrected chi connectivity index (χ4v) is 2.48. The fourth-order valence-electron chi connectivity index (χ4n) is 1.80. The minimum Gasteiger partial charge on any atom is -0.497 e. The molecule has 94 valence electrons. The Morgan fingerprint density at radius 2 is 1.74 bits per heavy atom. The summed E-state index contributed by atoms with van der Waals surface area (Å²) in [6.07, 6.45) is 0. The van der Waals surface area contributed by atoms with E-state index in [9.17, 15) is 0 Å². The van der Waals surface area contributed by atoms with Crippen LogP contribution in [0.15, 0.2) is 54.6 Å². The average molecular weight is 268 g/mol. The van der Waals surface area contributed by atoms with E-state index in [-0.39, 0.29) is 0 Å². The Balaban J connectivity index is 1.97. The normalized spacial score (nSPS) is 10.4. The lowest BCUT2D eigenvalue weighted by Crippen LogP contribution is -1.84. The monoisotopic (exact) mass is 268 g/mol. The van der Waals surface area contributed by atoms with Gasteiger partial charge in [-0.3, -0.25) is 0 Å². The van der Waals surface area contributed by atoms with Gasteiger partial charge in [0.25, 0.3) is 0 Å². The zero-order valence-corrected chi connectivity index (χ0v) is 11.2. The van der Waals surface area contributed by atoms with Gasteiger partial charge in [-0.2, -0.15) is 4.37 Å². The number of hydrogen-bond acceptors (Lipinski definition) is 4. The molecule has 2 aromatic carbocycles. The summed E-state index contributed by atoms with van der Waals surface area (Å²) < 4.78 is 9.63. The zero-order chi connectivity index (χ0) is 13.1. The SMILES string of the molecule is COc1cccc(-c2nc(-c3ccccc3)ns2)c1. The number of methoxy groups -OCH3 is 1. The second kappa shape index (κ2) is 5.20. The lowest BCUT2D eigenvalue weighted by Gasteiger charge is -2.00. The molecule has 4 heteroatoms. The Morgan fingerprint density at radius 1 is 0.947 bits per heavy atom. The maximum absolute atomic E-state index is 5.22. The van der Waals surface area contributed by atoms with Crippen molar-refractivity contribution in [2.24, 2.45) is 0 Å². The van der Waals surface area contributed by atoms with Crippen LogP contribution in [0.4, 0.5) is 0 Å². The molecule has 0 spiro atoms. The summed E-state index contributed by atoms with van der Waals surface area (Å²) in [7, 11) is 1.66. The summed E-state index contributed by atoms with van der Waals surface area (Å²) in [4.78, 5) is 4.58. The zero-order valence-electron chi connectivity index (χ0n) is 10.4. The van der Waals surface area contributed by atoms with E-state index >= 15 is 0 Å². The summed E-state index contributed by atoms with van der Waals surface area (Å²) in [5.41, 5.74) is 2.06. The molecule has 0 amide bonds.